The summed E-state index contributed by atoms with van der Waals surface area (Å²) in [4.78, 5) is 5.48. The van der Waals surface area contributed by atoms with Gasteiger partial charge in [0.25, 0.3) is 0 Å². The minimum atomic E-state index is 0.154. The summed E-state index contributed by atoms with van der Waals surface area (Å²) in [7, 11) is 0. The molecule has 0 aliphatic heterocycles. The van der Waals surface area contributed by atoms with Crippen molar-refractivity contribution >= 4 is 17.1 Å². The zero-order valence-electron chi connectivity index (χ0n) is 10.7. The molecule has 8 heteroatoms. The maximum atomic E-state index is 9.34. The third-order valence-corrected chi connectivity index (χ3v) is 2.72. The van der Waals surface area contributed by atoms with Crippen LogP contribution in [0, 0.1) is 0 Å². The number of oxime groups is 1. The average Bonchev–Trinajstić information content (AvgIpc) is 2.52. The van der Waals surface area contributed by atoms with E-state index in [0.717, 1.165) is 0 Å². The first kappa shape index (κ1) is 14.0. The van der Waals surface area contributed by atoms with Crippen LogP contribution in [0.5, 0.6) is 0 Å². The molecule has 0 aromatic heterocycles. The summed E-state index contributed by atoms with van der Waals surface area (Å²) in [6, 6.07) is 13.3. The Hall–Kier alpha value is -3.47. The Morgan fingerprint density at radius 2 is 1.24 bits per heavy atom. The fourth-order valence-electron chi connectivity index (χ4n) is 1.87. The molecule has 0 aliphatic rings. The van der Waals surface area contributed by atoms with Gasteiger partial charge >= 0.3 is 0 Å². The highest BCUT2D eigenvalue weighted by Crippen LogP contribution is 2.27. The van der Waals surface area contributed by atoms with Crippen molar-refractivity contribution < 1.29 is 5.21 Å². The van der Waals surface area contributed by atoms with Crippen LogP contribution >= 0.6 is 0 Å². The van der Waals surface area contributed by atoms with Gasteiger partial charge in [-0.1, -0.05) is 63.9 Å². The van der Waals surface area contributed by atoms with E-state index in [1.54, 1.807) is 48.5 Å². The van der Waals surface area contributed by atoms with E-state index in [0.29, 0.717) is 22.5 Å². The second-order valence-electron chi connectivity index (χ2n) is 3.86. The van der Waals surface area contributed by atoms with Crippen molar-refractivity contribution in [1.29, 1.82) is 0 Å². The van der Waals surface area contributed by atoms with Gasteiger partial charge in [0.05, 0.1) is 0 Å². The van der Waals surface area contributed by atoms with Gasteiger partial charge < -0.3 is 5.21 Å². The summed E-state index contributed by atoms with van der Waals surface area (Å²) in [5.74, 6) is 0. The Morgan fingerprint density at radius 1 is 0.810 bits per heavy atom. The van der Waals surface area contributed by atoms with E-state index in [2.05, 4.69) is 25.2 Å². The van der Waals surface area contributed by atoms with Gasteiger partial charge in [-0.2, -0.15) is 0 Å². The molecule has 0 amide bonds. The highest BCUT2D eigenvalue weighted by Gasteiger charge is 2.14. The lowest BCUT2D eigenvalue weighted by molar-refractivity contribution is 0.319. The first-order valence-electron chi connectivity index (χ1n) is 5.83. The summed E-state index contributed by atoms with van der Waals surface area (Å²) in [6.45, 7) is 0. The van der Waals surface area contributed by atoms with Crippen LogP contribution in [0.3, 0.4) is 0 Å². The van der Waals surface area contributed by atoms with Crippen molar-refractivity contribution in [3.8, 4) is 0 Å². The molecule has 2 aromatic carbocycles. The molecule has 1 N–H and O–H groups in total. The number of hydrogen-bond donors (Lipinski definition) is 1. The first-order valence-corrected chi connectivity index (χ1v) is 5.83. The van der Waals surface area contributed by atoms with Crippen LogP contribution in [-0.4, -0.2) is 10.9 Å². The molecule has 0 saturated heterocycles. The molecule has 0 atom stereocenters. The normalized spacial score (nSPS) is 9.14. The second kappa shape index (κ2) is 6.63. The zero-order chi connectivity index (χ0) is 15.1. The Labute approximate surface area is 119 Å². The number of azide groups is 2. The van der Waals surface area contributed by atoms with Crippen LogP contribution in [0.2, 0.25) is 0 Å². The largest absolute Gasteiger partial charge is 0.410 e. The lowest BCUT2D eigenvalue weighted by Crippen LogP contribution is -2.04. The number of nitrogens with zero attached hydrogens (tertiary/aromatic N) is 7. The van der Waals surface area contributed by atoms with E-state index in [9.17, 15) is 5.21 Å². The number of hydrogen-bond acceptors (Lipinski definition) is 4. The van der Waals surface area contributed by atoms with Crippen LogP contribution in [0.15, 0.2) is 63.9 Å². The fourth-order valence-corrected chi connectivity index (χ4v) is 1.87. The van der Waals surface area contributed by atoms with Crippen molar-refractivity contribution in [3.05, 3.63) is 80.5 Å². The molecule has 21 heavy (non-hydrogen) atoms. The lowest BCUT2D eigenvalue weighted by atomic mass is 9.99. The van der Waals surface area contributed by atoms with E-state index in [1.165, 1.54) is 0 Å². The minimum Gasteiger partial charge on any atom is -0.410 e. The molecule has 2 rings (SSSR count). The fraction of sp³-hybridized carbons (Fsp3) is 0. The summed E-state index contributed by atoms with van der Waals surface area (Å²) in [5, 5.41) is 19.7. The molecule has 0 heterocycles. The summed E-state index contributed by atoms with van der Waals surface area (Å²) in [6.07, 6.45) is 0. The van der Waals surface area contributed by atoms with Gasteiger partial charge in [0.1, 0.15) is 5.71 Å². The summed E-state index contributed by atoms with van der Waals surface area (Å²) in [5.41, 5.74) is 18.8. The molecular weight excluding hydrogens is 270 g/mol. The van der Waals surface area contributed by atoms with Gasteiger partial charge in [0, 0.05) is 32.3 Å². The van der Waals surface area contributed by atoms with Crippen LogP contribution in [0.1, 0.15) is 11.1 Å². The van der Waals surface area contributed by atoms with Crippen molar-refractivity contribution in [2.45, 2.75) is 0 Å². The van der Waals surface area contributed by atoms with Gasteiger partial charge in [0.15, 0.2) is 0 Å². The monoisotopic (exact) mass is 279 g/mol. The lowest BCUT2D eigenvalue weighted by Gasteiger charge is -2.09. The highest BCUT2D eigenvalue weighted by molar-refractivity contribution is 6.17. The van der Waals surface area contributed by atoms with Gasteiger partial charge in [-0.25, -0.2) is 0 Å². The molecule has 0 unspecified atom stereocenters. The minimum absolute atomic E-state index is 0.154. The molecule has 0 fully saturated rings. The van der Waals surface area contributed by atoms with Crippen molar-refractivity contribution in [2.75, 3.05) is 0 Å². The summed E-state index contributed by atoms with van der Waals surface area (Å²) < 4.78 is 0. The Balaban J connectivity index is 2.67. The van der Waals surface area contributed by atoms with Crippen LogP contribution in [0.4, 0.5) is 11.4 Å². The van der Waals surface area contributed by atoms with Gasteiger partial charge in [-0.3, -0.25) is 0 Å². The van der Waals surface area contributed by atoms with Crippen LogP contribution in [0.25, 0.3) is 20.9 Å². The van der Waals surface area contributed by atoms with E-state index in [-0.39, 0.29) is 5.71 Å². The molecule has 0 bridgehead atoms. The van der Waals surface area contributed by atoms with Crippen molar-refractivity contribution in [3.63, 3.8) is 0 Å². The van der Waals surface area contributed by atoms with Crippen LogP contribution < -0.4 is 0 Å². The van der Waals surface area contributed by atoms with Crippen molar-refractivity contribution in [1.82, 2.24) is 0 Å². The molecule has 8 nitrogen and oxygen atoms in total. The molecule has 2 aromatic rings. The molecule has 0 spiro atoms. The van der Waals surface area contributed by atoms with Gasteiger partial charge in [-0.05, 0) is 11.1 Å². The number of rotatable bonds is 4. The third-order valence-electron chi connectivity index (χ3n) is 2.72. The SMILES string of the molecule is [N-]=[N+]=Nc1ccccc1C(=NO)c1ccccc1N=[N+]=[N-]. The maximum Gasteiger partial charge on any atom is 0.118 e. The third kappa shape index (κ3) is 2.93. The topological polar surface area (TPSA) is 130 Å². The molecular formula is C13H9N7O. The predicted octanol–water partition coefficient (Wildman–Crippen LogP) is 4.80. The standard InChI is InChI=1S/C13H9N7O/c14-19-16-11-7-3-1-5-9(11)13(18-21)10-6-2-4-8-12(10)17-20-15/h1-8,21H. The molecule has 102 valence electrons. The van der Waals surface area contributed by atoms with Crippen LogP contribution in [-0.2, 0) is 0 Å². The maximum absolute atomic E-state index is 9.34. The first-order chi connectivity index (χ1) is 10.3. The van der Waals surface area contributed by atoms with Gasteiger partial charge in [-0.15, -0.1) is 0 Å². The van der Waals surface area contributed by atoms with E-state index in [1.807, 2.05) is 0 Å². The Morgan fingerprint density at radius 3 is 1.62 bits per heavy atom. The Kier molecular flexibility index (Phi) is 4.40. The van der Waals surface area contributed by atoms with E-state index < -0.39 is 0 Å². The van der Waals surface area contributed by atoms with Gasteiger partial charge in [0.2, 0.25) is 0 Å². The highest BCUT2D eigenvalue weighted by atomic mass is 16.4. The molecule has 0 aliphatic carbocycles. The summed E-state index contributed by atoms with van der Waals surface area (Å²) >= 11 is 0. The van der Waals surface area contributed by atoms with E-state index in [4.69, 9.17) is 11.1 Å². The second-order valence-corrected chi connectivity index (χ2v) is 3.86. The molecule has 0 radical (unpaired) electrons. The quantitative estimate of drug-likeness (QED) is 0.211. The number of benzene rings is 2. The smallest absolute Gasteiger partial charge is 0.118 e. The zero-order valence-corrected chi connectivity index (χ0v) is 10.7. The molecule has 0 saturated carbocycles. The Bertz CT molecular complexity index is 723. The predicted molar refractivity (Wildman–Crippen MR) is 77.9 cm³/mol. The average molecular weight is 279 g/mol. The van der Waals surface area contributed by atoms with Crippen molar-refractivity contribution in [2.24, 2.45) is 15.4 Å². The van der Waals surface area contributed by atoms with E-state index >= 15 is 0 Å².